The fourth-order valence-electron chi connectivity index (χ4n) is 2.70. The molecule has 3 atom stereocenters. The summed E-state index contributed by atoms with van der Waals surface area (Å²) < 4.78 is 46.1. The first-order valence-corrected chi connectivity index (χ1v) is 5.70. The number of benzene rings is 1. The molecule has 0 spiro atoms. The van der Waals surface area contributed by atoms with Crippen molar-refractivity contribution in [3.63, 3.8) is 0 Å². The van der Waals surface area contributed by atoms with Crippen molar-refractivity contribution in [3.05, 3.63) is 35.6 Å². The zero-order valence-corrected chi connectivity index (χ0v) is 9.41. The molecule has 98 valence electrons. The summed E-state index contributed by atoms with van der Waals surface area (Å²) in [5.41, 5.74) is 0.461. The van der Waals surface area contributed by atoms with Gasteiger partial charge in [0.25, 0.3) is 6.43 Å². The highest BCUT2D eigenvalue weighted by Crippen LogP contribution is 2.45. The molecule has 3 nitrogen and oxygen atoms in total. The number of ether oxygens (including phenoxy) is 1. The second kappa shape index (κ2) is 4.22. The third-order valence-electron chi connectivity index (χ3n) is 3.66. The number of fused-ring (bicyclic) bond motifs is 1. The maximum Gasteiger partial charge on any atom is 0.263 e. The summed E-state index contributed by atoms with van der Waals surface area (Å²) in [6, 6.07) is 5.53. The molecular formula is C12H12F3NO2. The molecule has 6 heteroatoms. The first-order chi connectivity index (χ1) is 8.66. The van der Waals surface area contributed by atoms with E-state index in [9.17, 15) is 13.2 Å². The topological polar surface area (TPSA) is 30.5 Å². The molecular weight excluding hydrogens is 247 g/mol. The zero-order chi connectivity index (χ0) is 12.8. The Morgan fingerprint density at radius 3 is 2.78 bits per heavy atom. The summed E-state index contributed by atoms with van der Waals surface area (Å²) in [4.78, 5) is 5.14. The molecule has 0 saturated carbocycles. The molecule has 1 aromatic carbocycles. The van der Waals surface area contributed by atoms with Gasteiger partial charge in [-0.2, -0.15) is 5.48 Å². The number of nitrogens with one attached hydrogen (secondary N) is 1. The highest BCUT2D eigenvalue weighted by Gasteiger charge is 2.60. The third-order valence-corrected chi connectivity index (χ3v) is 3.66. The Hall–Kier alpha value is -1.11. The van der Waals surface area contributed by atoms with E-state index in [1.807, 2.05) is 0 Å². The van der Waals surface area contributed by atoms with E-state index >= 15 is 0 Å². The highest BCUT2D eigenvalue weighted by molar-refractivity contribution is 5.30. The molecule has 0 radical (unpaired) electrons. The molecule has 1 N–H and O–H groups in total. The summed E-state index contributed by atoms with van der Waals surface area (Å²) in [5.74, 6) is -1.25. The van der Waals surface area contributed by atoms with Crippen LogP contribution in [0.4, 0.5) is 13.2 Å². The molecule has 18 heavy (non-hydrogen) atoms. The van der Waals surface area contributed by atoms with Crippen LogP contribution in [0.25, 0.3) is 0 Å². The van der Waals surface area contributed by atoms with Crippen molar-refractivity contribution in [2.45, 2.75) is 18.1 Å². The van der Waals surface area contributed by atoms with Crippen LogP contribution in [0.3, 0.4) is 0 Å². The Bertz CT molecular complexity index is 457. The summed E-state index contributed by atoms with van der Waals surface area (Å²) in [6.45, 7) is 0.386. The van der Waals surface area contributed by atoms with Gasteiger partial charge in [0.2, 0.25) is 0 Å². The summed E-state index contributed by atoms with van der Waals surface area (Å²) in [5, 5.41) is 0. The Morgan fingerprint density at radius 2 is 2.06 bits per heavy atom. The van der Waals surface area contributed by atoms with Gasteiger partial charge in [-0.3, -0.25) is 4.84 Å². The normalized spacial score (nSPS) is 35.1. The van der Waals surface area contributed by atoms with Crippen LogP contribution in [0.5, 0.6) is 0 Å². The first kappa shape index (κ1) is 12.0. The zero-order valence-electron chi connectivity index (χ0n) is 9.41. The standard InChI is InChI=1S/C12H12F3NO2/c13-9-4-2-1-3-7(9)12(11(14)15)8-5-17-6-10(8)18-16-12/h1-4,8,10-11,16H,5-6H2/t8-,10+,12+/m0/s1. The Balaban J connectivity index is 2.10. The molecule has 2 aliphatic heterocycles. The fraction of sp³-hybridized carbons (Fsp3) is 0.500. The van der Waals surface area contributed by atoms with Crippen molar-refractivity contribution in [1.82, 2.24) is 5.48 Å². The van der Waals surface area contributed by atoms with Crippen LogP contribution in [0.1, 0.15) is 5.56 Å². The summed E-state index contributed by atoms with van der Waals surface area (Å²) >= 11 is 0. The lowest BCUT2D eigenvalue weighted by Crippen LogP contribution is -2.49. The van der Waals surface area contributed by atoms with E-state index in [0.29, 0.717) is 0 Å². The lowest BCUT2D eigenvalue weighted by molar-refractivity contribution is -0.0650. The van der Waals surface area contributed by atoms with E-state index < -0.39 is 29.8 Å². The minimum absolute atomic E-state index is 0.0713. The van der Waals surface area contributed by atoms with Crippen LogP contribution in [0.15, 0.2) is 24.3 Å². The van der Waals surface area contributed by atoms with Crippen molar-refractivity contribution in [3.8, 4) is 0 Å². The minimum Gasteiger partial charge on any atom is -0.378 e. The Kier molecular flexibility index (Phi) is 2.80. The van der Waals surface area contributed by atoms with Crippen molar-refractivity contribution in [2.75, 3.05) is 13.2 Å². The molecule has 2 fully saturated rings. The average Bonchev–Trinajstić information content (AvgIpc) is 2.91. The number of alkyl halides is 2. The maximum atomic E-state index is 13.8. The predicted octanol–water partition coefficient (Wildman–Crippen LogP) is 1.84. The van der Waals surface area contributed by atoms with Gasteiger partial charge in [-0.05, 0) is 6.07 Å². The van der Waals surface area contributed by atoms with E-state index in [4.69, 9.17) is 9.57 Å². The van der Waals surface area contributed by atoms with Gasteiger partial charge in [-0.1, -0.05) is 18.2 Å². The molecule has 1 aromatic rings. The van der Waals surface area contributed by atoms with Crippen LogP contribution in [-0.4, -0.2) is 25.7 Å². The van der Waals surface area contributed by atoms with E-state index in [1.54, 1.807) is 0 Å². The van der Waals surface area contributed by atoms with Gasteiger partial charge >= 0.3 is 0 Å². The number of halogens is 3. The average molecular weight is 259 g/mol. The molecule has 0 aromatic heterocycles. The SMILES string of the molecule is Fc1ccccc1[C@@]1(C(F)F)NO[C@@H]2COC[C@@H]21. The third kappa shape index (κ3) is 1.49. The maximum absolute atomic E-state index is 13.8. The van der Waals surface area contributed by atoms with Gasteiger partial charge in [0.15, 0.2) is 0 Å². The van der Waals surface area contributed by atoms with E-state index in [-0.39, 0.29) is 18.8 Å². The van der Waals surface area contributed by atoms with E-state index in [2.05, 4.69) is 5.48 Å². The van der Waals surface area contributed by atoms with E-state index in [0.717, 1.165) is 0 Å². The highest BCUT2D eigenvalue weighted by atomic mass is 19.3. The van der Waals surface area contributed by atoms with Crippen LogP contribution in [0, 0.1) is 11.7 Å². The number of hydrogen-bond donors (Lipinski definition) is 1. The van der Waals surface area contributed by atoms with Gasteiger partial charge in [0.05, 0.1) is 13.2 Å². The number of rotatable bonds is 2. The lowest BCUT2D eigenvalue weighted by atomic mass is 9.78. The molecule has 0 unspecified atom stereocenters. The van der Waals surface area contributed by atoms with Crippen molar-refractivity contribution in [1.29, 1.82) is 0 Å². The van der Waals surface area contributed by atoms with Crippen LogP contribution >= 0.6 is 0 Å². The predicted molar refractivity (Wildman–Crippen MR) is 56.4 cm³/mol. The summed E-state index contributed by atoms with van der Waals surface area (Å²) in [7, 11) is 0. The number of hydroxylamine groups is 1. The van der Waals surface area contributed by atoms with Crippen molar-refractivity contribution in [2.24, 2.45) is 5.92 Å². The van der Waals surface area contributed by atoms with Crippen LogP contribution < -0.4 is 5.48 Å². The summed E-state index contributed by atoms with van der Waals surface area (Å²) in [6.07, 6.45) is -3.25. The second-order valence-electron chi connectivity index (χ2n) is 4.55. The van der Waals surface area contributed by atoms with Crippen molar-refractivity contribution < 1.29 is 22.7 Å². The lowest BCUT2D eigenvalue weighted by Gasteiger charge is -2.32. The van der Waals surface area contributed by atoms with Gasteiger partial charge in [-0.25, -0.2) is 13.2 Å². The van der Waals surface area contributed by atoms with Crippen LogP contribution in [0.2, 0.25) is 0 Å². The number of hydrogen-bond acceptors (Lipinski definition) is 3. The molecule has 2 aliphatic rings. The molecule has 3 rings (SSSR count). The Labute approximate surface area is 102 Å². The quantitative estimate of drug-likeness (QED) is 0.879. The van der Waals surface area contributed by atoms with E-state index in [1.165, 1.54) is 24.3 Å². The Morgan fingerprint density at radius 1 is 1.28 bits per heavy atom. The second-order valence-corrected chi connectivity index (χ2v) is 4.55. The molecule has 0 aliphatic carbocycles. The van der Waals surface area contributed by atoms with Gasteiger partial charge < -0.3 is 4.74 Å². The minimum atomic E-state index is -2.79. The van der Waals surface area contributed by atoms with Gasteiger partial charge in [0.1, 0.15) is 17.5 Å². The molecule has 0 amide bonds. The van der Waals surface area contributed by atoms with Crippen molar-refractivity contribution >= 4 is 0 Å². The molecule has 2 heterocycles. The monoisotopic (exact) mass is 259 g/mol. The van der Waals surface area contributed by atoms with Gasteiger partial charge in [-0.15, -0.1) is 0 Å². The fourth-order valence-corrected chi connectivity index (χ4v) is 2.70. The van der Waals surface area contributed by atoms with Crippen LogP contribution in [-0.2, 0) is 15.1 Å². The smallest absolute Gasteiger partial charge is 0.263 e. The first-order valence-electron chi connectivity index (χ1n) is 5.70. The molecule has 0 bridgehead atoms. The molecule has 2 saturated heterocycles. The van der Waals surface area contributed by atoms with Gasteiger partial charge in [0, 0.05) is 11.5 Å². The largest absolute Gasteiger partial charge is 0.378 e.